The zero-order valence-electron chi connectivity index (χ0n) is 14.1. The Morgan fingerprint density at radius 2 is 2.12 bits per heavy atom. The summed E-state index contributed by atoms with van der Waals surface area (Å²) in [6.45, 7) is 3.22. The predicted octanol–water partition coefficient (Wildman–Crippen LogP) is 2.73. The number of nitrogens with zero attached hydrogens (tertiary/aromatic N) is 1. The van der Waals surface area contributed by atoms with Gasteiger partial charge in [0.05, 0.1) is 16.6 Å². The van der Waals surface area contributed by atoms with Crippen LogP contribution in [0.15, 0.2) is 18.2 Å². The monoisotopic (exact) mass is 349 g/mol. The Morgan fingerprint density at radius 1 is 1.29 bits per heavy atom. The number of fused-ring (bicyclic) bond motifs is 1. The van der Waals surface area contributed by atoms with Gasteiger partial charge < -0.3 is 15.4 Å². The molecule has 2 rings (SSSR count). The van der Waals surface area contributed by atoms with Gasteiger partial charge in [0.1, 0.15) is 0 Å². The maximum absolute atomic E-state index is 11.9. The largest absolute Gasteiger partial charge is 0.385 e. The van der Waals surface area contributed by atoms with Gasteiger partial charge in [-0.3, -0.25) is 9.59 Å². The normalized spacial score (nSPS) is 10.8. The summed E-state index contributed by atoms with van der Waals surface area (Å²) in [5.74, 6) is -0.0290. The highest BCUT2D eigenvalue weighted by molar-refractivity contribution is 7.22. The molecule has 0 aliphatic rings. The number of amides is 2. The number of methoxy groups -OCH3 is 1. The first-order chi connectivity index (χ1) is 11.6. The first-order valence-corrected chi connectivity index (χ1v) is 8.89. The fourth-order valence-corrected chi connectivity index (χ4v) is 3.18. The summed E-state index contributed by atoms with van der Waals surface area (Å²) < 4.78 is 5.91. The lowest BCUT2D eigenvalue weighted by atomic mass is 10.1. The molecule has 6 nitrogen and oxygen atoms in total. The topological polar surface area (TPSA) is 80.3 Å². The van der Waals surface area contributed by atoms with Crippen molar-refractivity contribution in [2.24, 2.45) is 0 Å². The highest BCUT2D eigenvalue weighted by Gasteiger charge is 2.09. The van der Waals surface area contributed by atoms with Gasteiger partial charge in [-0.05, 0) is 30.5 Å². The second kappa shape index (κ2) is 9.34. The maximum Gasteiger partial charge on any atom is 0.226 e. The number of nitrogens with one attached hydrogen (secondary N) is 2. The second-order valence-electron chi connectivity index (χ2n) is 5.49. The Kier molecular flexibility index (Phi) is 7.14. The van der Waals surface area contributed by atoms with E-state index >= 15 is 0 Å². The molecule has 2 N–H and O–H groups in total. The Morgan fingerprint density at radius 3 is 2.88 bits per heavy atom. The molecular formula is C17H23N3O3S. The molecule has 0 fully saturated rings. The molecule has 1 heterocycles. The van der Waals surface area contributed by atoms with Crippen molar-refractivity contribution in [1.29, 1.82) is 0 Å². The van der Waals surface area contributed by atoms with Gasteiger partial charge in [0.2, 0.25) is 11.8 Å². The molecule has 2 amide bonds. The third-order valence-corrected chi connectivity index (χ3v) is 4.32. The lowest BCUT2D eigenvalue weighted by Gasteiger charge is -2.04. The summed E-state index contributed by atoms with van der Waals surface area (Å²) in [6, 6.07) is 5.74. The number of carbonyl (C=O) groups excluding carboxylic acids is 2. The van der Waals surface area contributed by atoms with E-state index in [0.717, 1.165) is 28.6 Å². The number of hydrogen-bond acceptors (Lipinski definition) is 5. The molecule has 1 aromatic carbocycles. The first-order valence-electron chi connectivity index (χ1n) is 8.07. The number of benzene rings is 1. The molecule has 0 atom stereocenters. The van der Waals surface area contributed by atoms with Gasteiger partial charge in [0, 0.05) is 26.7 Å². The quantitative estimate of drug-likeness (QED) is 0.682. The van der Waals surface area contributed by atoms with Gasteiger partial charge in [-0.2, -0.15) is 0 Å². The molecule has 7 heteroatoms. The average Bonchev–Trinajstić information content (AvgIpc) is 2.93. The molecule has 0 bridgehead atoms. The van der Waals surface area contributed by atoms with Crippen LogP contribution in [-0.2, 0) is 20.7 Å². The van der Waals surface area contributed by atoms with Gasteiger partial charge in [-0.25, -0.2) is 4.98 Å². The summed E-state index contributed by atoms with van der Waals surface area (Å²) >= 11 is 1.43. The number of carbonyl (C=O) groups is 2. The standard InChI is InChI=1S/C17H23N3O3S/c1-3-5-15(21)20-17-19-13-7-6-12(10-14(13)24-17)11-16(22)18-8-4-9-23-2/h6-7,10H,3-5,8-9,11H2,1-2H3,(H,18,22)(H,19,20,21). The van der Waals surface area contributed by atoms with Crippen LogP contribution >= 0.6 is 11.3 Å². The van der Waals surface area contributed by atoms with E-state index < -0.39 is 0 Å². The lowest BCUT2D eigenvalue weighted by Crippen LogP contribution is -2.26. The number of hydrogen-bond donors (Lipinski definition) is 2. The number of ether oxygens (including phenoxy) is 1. The minimum atomic E-state index is -0.0211. The predicted molar refractivity (Wildman–Crippen MR) is 96.4 cm³/mol. The Labute approximate surface area is 145 Å². The first kappa shape index (κ1) is 18.4. The molecule has 0 radical (unpaired) electrons. The summed E-state index contributed by atoms with van der Waals surface area (Å²) in [6.07, 6.45) is 2.43. The molecule has 0 saturated carbocycles. The summed E-state index contributed by atoms with van der Waals surface area (Å²) in [5, 5.41) is 6.28. The summed E-state index contributed by atoms with van der Waals surface area (Å²) in [7, 11) is 1.64. The van der Waals surface area contributed by atoms with E-state index in [4.69, 9.17) is 4.74 Å². The van der Waals surface area contributed by atoms with Crippen molar-refractivity contribution in [2.75, 3.05) is 25.6 Å². The van der Waals surface area contributed by atoms with E-state index in [-0.39, 0.29) is 11.8 Å². The SMILES string of the molecule is CCCC(=O)Nc1nc2ccc(CC(=O)NCCCOC)cc2s1. The third-order valence-electron chi connectivity index (χ3n) is 3.39. The molecule has 0 aliphatic carbocycles. The number of rotatable bonds is 9. The molecule has 1 aromatic heterocycles. The molecule has 130 valence electrons. The number of thiazole rings is 1. The van der Waals surface area contributed by atoms with E-state index in [1.807, 2.05) is 25.1 Å². The average molecular weight is 349 g/mol. The van der Waals surface area contributed by atoms with Crippen LogP contribution in [0.25, 0.3) is 10.2 Å². The Bertz CT molecular complexity index is 699. The van der Waals surface area contributed by atoms with Crippen LogP contribution in [0.4, 0.5) is 5.13 Å². The van der Waals surface area contributed by atoms with Crippen LogP contribution < -0.4 is 10.6 Å². The smallest absolute Gasteiger partial charge is 0.226 e. The fraction of sp³-hybridized carbons (Fsp3) is 0.471. The number of anilines is 1. The van der Waals surface area contributed by atoms with Crippen LogP contribution in [0.5, 0.6) is 0 Å². The minimum absolute atomic E-state index is 0.00793. The van der Waals surface area contributed by atoms with E-state index in [0.29, 0.717) is 31.1 Å². The Balaban J connectivity index is 1.95. The van der Waals surface area contributed by atoms with E-state index in [1.54, 1.807) is 7.11 Å². The summed E-state index contributed by atoms with van der Waals surface area (Å²) in [5.41, 5.74) is 1.76. The molecule has 0 saturated heterocycles. The van der Waals surface area contributed by atoms with Crippen molar-refractivity contribution in [1.82, 2.24) is 10.3 Å². The van der Waals surface area contributed by atoms with Crippen molar-refractivity contribution in [2.45, 2.75) is 32.6 Å². The molecule has 0 aliphatic heterocycles. The molecule has 0 unspecified atom stereocenters. The van der Waals surface area contributed by atoms with Crippen LogP contribution in [0.1, 0.15) is 31.7 Å². The van der Waals surface area contributed by atoms with E-state index in [9.17, 15) is 9.59 Å². The highest BCUT2D eigenvalue weighted by atomic mass is 32.1. The van der Waals surface area contributed by atoms with Crippen LogP contribution in [0, 0.1) is 0 Å². The lowest BCUT2D eigenvalue weighted by molar-refractivity contribution is -0.120. The Hall–Kier alpha value is -1.99. The van der Waals surface area contributed by atoms with Crippen molar-refractivity contribution in [3.8, 4) is 0 Å². The zero-order valence-corrected chi connectivity index (χ0v) is 14.9. The van der Waals surface area contributed by atoms with Crippen LogP contribution in [0.3, 0.4) is 0 Å². The van der Waals surface area contributed by atoms with Gasteiger partial charge >= 0.3 is 0 Å². The second-order valence-corrected chi connectivity index (χ2v) is 6.52. The fourth-order valence-electron chi connectivity index (χ4n) is 2.23. The van der Waals surface area contributed by atoms with Gasteiger partial charge in [0.15, 0.2) is 5.13 Å². The third kappa shape index (κ3) is 5.58. The van der Waals surface area contributed by atoms with Crippen LogP contribution in [-0.4, -0.2) is 37.1 Å². The zero-order chi connectivity index (χ0) is 17.4. The van der Waals surface area contributed by atoms with Crippen molar-refractivity contribution >= 4 is 38.5 Å². The van der Waals surface area contributed by atoms with Gasteiger partial charge in [-0.15, -0.1) is 0 Å². The number of aromatic nitrogens is 1. The van der Waals surface area contributed by atoms with Gasteiger partial charge in [0.25, 0.3) is 0 Å². The molecule has 24 heavy (non-hydrogen) atoms. The van der Waals surface area contributed by atoms with Crippen molar-refractivity contribution in [3.63, 3.8) is 0 Å². The molecule has 2 aromatic rings. The maximum atomic E-state index is 11.9. The van der Waals surface area contributed by atoms with E-state index in [2.05, 4.69) is 15.6 Å². The highest BCUT2D eigenvalue weighted by Crippen LogP contribution is 2.27. The minimum Gasteiger partial charge on any atom is -0.385 e. The summed E-state index contributed by atoms with van der Waals surface area (Å²) in [4.78, 5) is 28.0. The van der Waals surface area contributed by atoms with E-state index in [1.165, 1.54) is 11.3 Å². The molecule has 0 spiro atoms. The molecular weight excluding hydrogens is 326 g/mol. The van der Waals surface area contributed by atoms with Gasteiger partial charge in [-0.1, -0.05) is 24.3 Å². The van der Waals surface area contributed by atoms with Crippen molar-refractivity contribution in [3.05, 3.63) is 23.8 Å². The van der Waals surface area contributed by atoms with Crippen LogP contribution in [0.2, 0.25) is 0 Å². The van der Waals surface area contributed by atoms with Crippen molar-refractivity contribution < 1.29 is 14.3 Å².